The average molecular weight is 1830 g/mol. The van der Waals surface area contributed by atoms with Gasteiger partial charge in [-0.05, 0) is 32.1 Å². The van der Waals surface area contributed by atoms with Gasteiger partial charge >= 0.3 is 12.1 Å². The minimum Gasteiger partial charge on any atom is -0.481 e. The van der Waals surface area contributed by atoms with E-state index in [1.54, 1.807) is 0 Å². The Kier molecular flexibility index (Phi) is 107. The van der Waals surface area contributed by atoms with Gasteiger partial charge in [-0.3, -0.25) is 4.79 Å². The van der Waals surface area contributed by atoms with Crippen LogP contribution in [0.2, 0.25) is 0 Å². The van der Waals surface area contributed by atoms with E-state index in [2.05, 4.69) is 17.5 Å². The Morgan fingerprint density at radius 3 is 0.480 bits per heavy atom. The molecule has 1 unspecified atom stereocenters. The summed E-state index contributed by atoms with van der Waals surface area (Å²) in [6, 6.07) is 0. The van der Waals surface area contributed by atoms with E-state index in [0.717, 1.165) is 32.1 Å². The Morgan fingerprint density at radius 1 is 0.192 bits per heavy atom. The van der Waals surface area contributed by atoms with E-state index in [9.17, 15) is 9.59 Å². The van der Waals surface area contributed by atoms with Gasteiger partial charge in [-0.15, -0.1) is 0 Å². The van der Waals surface area contributed by atoms with E-state index in [1.165, 1.54) is 0 Å². The largest absolute Gasteiger partial charge is 0.481 e. The number of alkyl carbamates (subject to hydrolysis) is 1. The molecule has 744 valence electrons. The maximum Gasteiger partial charge on any atom is 0.407 e. The van der Waals surface area contributed by atoms with Crippen molar-refractivity contribution >= 4 is 12.1 Å². The molecular formula is C84H163NO40. The van der Waals surface area contributed by atoms with Gasteiger partial charge < -0.3 is 186 Å². The topological polar surface area (TPSA) is 408 Å². The van der Waals surface area contributed by atoms with Crippen LogP contribution in [0.15, 0.2) is 12.2 Å². The third-order valence-electron chi connectivity index (χ3n) is 16.0. The van der Waals surface area contributed by atoms with E-state index in [1.807, 2.05) is 0 Å². The minimum atomic E-state index is -0.882. The number of carboxylic acid groups (broad SMARTS) is 1. The van der Waals surface area contributed by atoms with Crippen LogP contribution >= 0.6 is 0 Å². The van der Waals surface area contributed by atoms with Crippen LogP contribution in [0.25, 0.3) is 0 Å². The van der Waals surface area contributed by atoms with Crippen molar-refractivity contribution in [3.05, 3.63) is 12.2 Å². The number of hydrogen-bond acceptors (Lipinski definition) is 39. The van der Waals surface area contributed by atoms with Crippen molar-refractivity contribution < 1.29 is 190 Å². The van der Waals surface area contributed by atoms with Crippen LogP contribution in [-0.2, 0) is 180 Å². The number of carbonyl (C=O) groups is 2. The van der Waals surface area contributed by atoms with E-state index in [-0.39, 0.29) is 25.2 Å². The highest BCUT2D eigenvalue weighted by Crippen LogP contribution is 2.15. The van der Waals surface area contributed by atoms with Gasteiger partial charge in [0.15, 0.2) is 0 Å². The molecule has 0 saturated heterocycles. The van der Waals surface area contributed by atoms with Crippen LogP contribution in [0.1, 0.15) is 38.5 Å². The lowest BCUT2D eigenvalue weighted by molar-refractivity contribution is -0.138. The summed E-state index contributed by atoms with van der Waals surface area (Å²) < 4.78 is 204. The van der Waals surface area contributed by atoms with Gasteiger partial charge in [-0.1, -0.05) is 12.2 Å². The quantitative estimate of drug-likeness (QED) is 0.0653. The van der Waals surface area contributed by atoms with Crippen molar-refractivity contribution in [2.75, 3.05) is 482 Å². The highest BCUT2D eigenvalue weighted by Gasteiger charge is 2.15. The van der Waals surface area contributed by atoms with Crippen LogP contribution in [0, 0.1) is 0 Å². The molecule has 0 bridgehead atoms. The molecule has 1 aliphatic rings. The van der Waals surface area contributed by atoms with Gasteiger partial charge in [0.2, 0.25) is 0 Å². The molecule has 0 radical (unpaired) electrons. The number of hydrogen-bond donors (Lipinski definition) is 2. The fourth-order valence-corrected chi connectivity index (χ4v) is 9.62. The molecule has 0 saturated carbocycles. The number of amides is 1. The summed E-state index contributed by atoms with van der Waals surface area (Å²) in [7, 11) is 0. The first kappa shape index (κ1) is 120. The normalized spacial score (nSPS) is 13.4. The predicted octanol–water partition coefficient (Wildman–Crippen LogP) is 2.67. The second kappa shape index (κ2) is 112. The summed E-state index contributed by atoms with van der Waals surface area (Å²) in [6.07, 6.45) is 8.72. The number of nitrogens with one attached hydrogen (secondary N) is 1. The molecule has 0 aromatic heterocycles. The summed E-state index contributed by atoms with van der Waals surface area (Å²) >= 11 is 0. The van der Waals surface area contributed by atoms with Crippen LogP contribution in [0.3, 0.4) is 0 Å². The van der Waals surface area contributed by atoms with Gasteiger partial charge in [0.05, 0.1) is 482 Å². The zero-order chi connectivity index (χ0) is 88.9. The minimum absolute atomic E-state index is 0.0130. The monoisotopic (exact) mass is 1830 g/mol. The highest BCUT2D eigenvalue weighted by atomic mass is 16.6. The molecule has 2 N–H and O–H groups in total. The van der Waals surface area contributed by atoms with Crippen molar-refractivity contribution in [3.8, 4) is 0 Å². The van der Waals surface area contributed by atoms with Crippen molar-refractivity contribution in [1.82, 2.24) is 5.32 Å². The van der Waals surface area contributed by atoms with E-state index < -0.39 is 5.97 Å². The number of ether oxygens (including phenoxy) is 37. The molecule has 0 aliphatic heterocycles. The third kappa shape index (κ3) is 110. The van der Waals surface area contributed by atoms with Crippen LogP contribution < -0.4 is 5.32 Å². The Hall–Kier alpha value is -2.96. The lowest BCUT2D eigenvalue weighted by Crippen LogP contribution is -2.31. The number of carbonyl (C=O) groups excluding carboxylic acids is 1. The SMILES string of the molecule is O=C(O)CCOCCOCCOCCOCCOCCOCCOCCOCCOCCOCCOCCOCCOCCOCCOCCOCCOCCOCCOCCOCCOCCOCCOCCOCCOCCOCCOCCOCCOCCOCCOCCOCCOCCOCCOCCOCCNC(=O)OC1CC/C=C\CCC1. The van der Waals surface area contributed by atoms with Crippen molar-refractivity contribution in [2.45, 2.75) is 44.6 Å². The van der Waals surface area contributed by atoms with Crippen molar-refractivity contribution in [1.29, 1.82) is 0 Å². The van der Waals surface area contributed by atoms with Gasteiger partial charge in [0, 0.05) is 6.54 Å². The number of carboxylic acids is 1. The van der Waals surface area contributed by atoms with Gasteiger partial charge in [0.1, 0.15) is 6.10 Å². The fourth-order valence-electron chi connectivity index (χ4n) is 9.62. The summed E-state index contributed by atoms with van der Waals surface area (Å²) in [4.78, 5) is 22.4. The smallest absolute Gasteiger partial charge is 0.407 e. The summed E-state index contributed by atoms with van der Waals surface area (Å²) in [6.45, 7) is 33.7. The molecule has 1 rings (SSSR count). The third-order valence-corrected chi connectivity index (χ3v) is 16.0. The zero-order valence-corrected chi connectivity index (χ0v) is 75.5. The van der Waals surface area contributed by atoms with Gasteiger partial charge in [0.25, 0.3) is 0 Å². The molecule has 0 aromatic rings. The van der Waals surface area contributed by atoms with Gasteiger partial charge in [-0.2, -0.15) is 0 Å². The number of allylic oxidation sites excluding steroid dienone is 2. The lowest BCUT2D eigenvalue weighted by atomic mass is 10.0. The molecule has 41 nitrogen and oxygen atoms in total. The van der Waals surface area contributed by atoms with Crippen LogP contribution in [0.5, 0.6) is 0 Å². The molecule has 1 atom stereocenters. The van der Waals surface area contributed by atoms with Gasteiger partial charge in [-0.25, -0.2) is 4.79 Å². The summed E-state index contributed by atoms with van der Waals surface area (Å²) in [5.41, 5.74) is 0. The number of aliphatic carboxylic acids is 1. The molecule has 0 fully saturated rings. The predicted molar refractivity (Wildman–Crippen MR) is 452 cm³/mol. The van der Waals surface area contributed by atoms with Crippen LogP contribution in [0.4, 0.5) is 4.79 Å². The van der Waals surface area contributed by atoms with Crippen LogP contribution in [-0.4, -0.2) is 506 Å². The van der Waals surface area contributed by atoms with Crippen molar-refractivity contribution in [2.24, 2.45) is 0 Å². The fraction of sp³-hybridized carbons (Fsp3) is 0.952. The first-order valence-corrected chi connectivity index (χ1v) is 44.8. The Balaban J connectivity index is 1.58. The second-order valence-corrected chi connectivity index (χ2v) is 26.1. The zero-order valence-electron chi connectivity index (χ0n) is 75.5. The molecule has 0 aromatic carbocycles. The lowest BCUT2D eigenvalue weighted by Gasteiger charge is -2.18. The standard InChI is InChI=1S/C84H163NO40/c86-83(87)8-10-89-12-14-91-16-18-93-20-22-95-24-26-97-28-30-99-32-34-101-36-38-103-40-42-105-44-46-107-48-50-109-52-54-111-56-58-113-60-62-115-64-66-117-68-70-119-72-74-121-76-78-123-80-81-124-79-77-122-75-73-120-71-69-118-67-65-116-63-61-114-59-57-112-55-53-110-51-49-108-47-45-106-43-41-104-39-37-102-35-33-100-31-29-98-27-25-96-23-21-94-19-17-92-15-13-90-11-9-85-84(88)125-82-6-4-2-1-3-5-7-82/h1-2,82H,3-81H2,(H,85,88)(H,86,87)/b2-1-. The Morgan fingerprint density at radius 2 is 0.328 bits per heavy atom. The van der Waals surface area contributed by atoms with E-state index in [4.69, 9.17) is 180 Å². The first-order chi connectivity index (χ1) is 62.2. The average Bonchev–Trinajstić information content (AvgIpc) is 0.950. The summed E-state index contributed by atoms with van der Waals surface area (Å²) in [5, 5.41) is 11.3. The Bertz CT molecular complexity index is 2010. The molecule has 41 heteroatoms. The van der Waals surface area contributed by atoms with E-state index in [0.29, 0.717) is 476 Å². The second-order valence-electron chi connectivity index (χ2n) is 26.1. The maximum atomic E-state index is 12.0. The maximum absolute atomic E-state index is 12.0. The molecular weight excluding hydrogens is 1660 g/mol. The van der Waals surface area contributed by atoms with E-state index >= 15 is 0 Å². The molecule has 0 spiro atoms. The first-order valence-electron chi connectivity index (χ1n) is 44.8. The molecule has 1 aliphatic carbocycles. The Labute approximate surface area is 743 Å². The molecule has 0 heterocycles. The molecule has 125 heavy (non-hydrogen) atoms. The van der Waals surface area contributed by atoms with Crippen molar-refractivity contribution in [3.63, 3.8) is 0 Å². The number of rotatable bonds is 112. The highest BCUT2D eigenvalue weighted by molar-refractivity contribution is 5.67. The summed E-state index contributed by atoms with van der Waals surface area (Å²) in [5.74, 6) is -0.882. The molecule has 1 amide bonds.